The number of benzene rings is 3. The Morgan fingerprint density at radius 2 is 1.58 bits per heavy atom. The molecule has 0 radical (unpaired) electrons. The summed E-state index contributed by atoms with van der Waals surface area (Å²) in [6.45, 7) is 4.68. The van der Waals surface area contributed by atoms with Crippen LogP contribution in [-0.4, -0.2) is 68.0 Å². The highest BCUT2D eigenvalue weighted by Crippen LogP contribution is 2.38. The number of rotatable bonds is 8. The zero-order valence-corrected chi connectivity index (χ0v) is 25.0. The highest BCUT2D eigenvalue weighted by Gasteiger charge is 2.44. The molecular weight excluding hydrogens is 592 g/mol. The molecule has 0 bridgehead atoms. The molecule has 1 N–H and O–H groups in total. The largest absolute Gasteiger partial charge is 0.489 e. The Balaban J connectivity index is 1.51. The van der Waals surface area contributed by atoms with Gasteiger partial charge >= 0.3 is 12.1 Å². The molecule has 2 aliphatic heterocycles. The number of amides is 2. The van der Waals surface area contributed by atoms with Crippen LogP contribution in [0.4, 0.5) is 40.3 Å². The molecule has 2 amide bonds. The van der Waals surface area contributed by atoms with E-state index in [4.69, 9.17) is 4.74 Å². The first-order valence-electron chi connectivity index (χ1n) is 14.8. The molecule has 2 heterocycles. The molecule has 0 unspecified atom stereocenters. The molecule has 8 nitrogen and oxygen atoms in total. The Morgan fingerprint density at radius 1 is 0.911 bits per heavy atom. The molecule has 45 heavy (non-hydrogen) atoms. The van der Waals surface area contributed by atoms with E-state index < -0.39 is 29.5 Å². The Bertz CT molecular complexity index is 1560. The number of ether oxygens (including phenoxy) is 1. The second-order valence-electron chi connectivity index (χ2n) is 11.4. The van der Waals surface area contributed by atoms with Gasteiger partial charge in [0, 0.05) is 55.2 Å². The van der Waals surface area contributed by atoms with Gasteiger partial charge in [0.05, 0.1) is 16.9 Å². The van der Waals surface area contributed by atoms with Crippen LogP contribution in [0.1, 0.15) is 53.3 Å². The van der Waals surface area contributed by atoms with Crippen molar-refractivity contribution in [2.24, 2.45) is 0 Å². The molecule has 2 saturated heterocycles. The van der Waals surface area contributed by atoms with Gasteiger partial charge in [-0.05, 0) is 88.2 Å². The maximum absolute atomic E-state index is 14.6. The first-order chi connectivity index (χ1) is 21.4. The van der Waals surface area contributed by atoms with Crippen LogP contribution in [0.5, 0.6) is 5.75 Å². The van der Waals surface area contributed by atoms with Crippen molar-refractivity contribution in [3.05, 3.63) is 77.6 Å². The van der Waals surface area contributed by atoms with Crippen LogP contribution in [0, 0.1) is 5.82 Å². The van der Waals surface area contributed by atoms with Crippen LogP contribution in [-0.2, 0) is 4.79 Å². The molecule has 0 spiro atoms. The Hall–Kier alpha value is -4.45. The second kappa shape index (κ2) is 13.3. The van der Waals surface area contributed by atoms with Crippen LogP contribution < -0.4 is 19.9 Å². The van der Waals surface area contributed by atoms with Gasteiger partial charge in [-0.1, -0.05) is 0 Å². The van der Waals surface area contributed by atoms with E-state index in [-0.39, 0.29) is 39.3 Å². The molecule has 2 aliphatic rings. The van der Waals surface area contributed by atoms with Gasteiger partial charge in [-0.3, -0.25) is 19.3 Å². The summed E-state index contributed by atoms with van der Waals surface area (Å²) in [5.41, 5.74) is 0.207. The van der Waals surface area contributed by atoms with Gasteiger partial charge in [0.1, 0.15) is 17.7 Å². The van der Waals surface area contributed by atoms with E-state index >= 15 is 0 Å². The van der Waals surface area contributed by atoms with Crippen molar-refractivity contribution in [1.82, 2.24) is 4.90 Å². The number of carbonyl (C=O) groups is 3. The van der Waals surface area contributed by atoms with E-state index in [0.29, 0.717) is 5.75 Å². The zero-order valence-electron chi connectivity index (χ0n) is 25.0. The number of hydrogen-bond donors (Lipinski definition) is 1. The molecule has 3 aromatic carbocycles. The van der Waals surface area contributed by atoms with Crippen molar-refractivity contribution in [2.75, 3.05) is 48.3 Å². The second-order valence-corrected chi connectivity index (χ2v) is 11.4. The molecule has 0 atom stereocenters. The Morgan fingerprint density at radius 3 is 2.20 bits per heavy atom. The molecule has 238 valence electrons. The van der Waals surface area contributed by atoms with Crippen molar-refractivity contribution in [3.63, 3.8) is 0 Å². The minimum Gasteiger partial charge on any atom is -0.489 e. The third-order valence-corrected chi connectivity index (χ3v) is 8.07. The van der Waals surface area contributed by atoms with E-state index in [1.165, 1.54) is 19.1 Å². The number of nitrogens with one attached hydrogen (secondary N) is 1. The Labute approximate surface area is 258 Å². The summed E-state index contributed by atoms with van der Waals surface area (Å²) in [6.07, 6.45) is -1.88. The first-order valence-corrected chi connectivity index (χ1v) is 14.8. The fraction of sp³-hybridized carbons (Fsp3) is 0.364. The number of hydrogen-bond acceptors (Lipinski definition) is 6. The normalized spacial score (nSPS) is 16.0. The van der Waals surface area contributed by atoms with Crippen molar-refractivity contribution in [1.29, 1.82) is 0 Å². The highest BCUT2D eigenvalue weighted by atomic mass is 19.4. The van der Waals surface area contributed by atoms with Gasteiger partial charge in [-0.15, -0.1) is 0 Å². The first kappa shape index (κ1) is 32.0. The SMILES string of the molecule is CC(=O)c1ccc(N(C(=O)C(F)(F)F)c2cc(F)ccc2NC(=O)c2ccc(N3CCCC3)cc2OC2CCN(C)CC2)cc1. The van der Waals surface area contributed by atoms with E-state index in [0.717, 1.165) is 87.9 Å². The fourth-order valence-corrected chi connectivity index (χ4v) is 5.57. The topological polar surface area (TPSA) is 82.2 Å². The predicted octanol–water partition coefficient (Wildman–Crippen LogP) is 6.58. The van der Waals surface area contributed by atoms with Crippen molar-refractivity contribution < 1.29 is 36.7 Å². The molecule has 0 saturated carbocycles. The molecular formula is C33H34F4N4O4. The van der Waals surface area contributed by atoms with Gasteiger partial charge in [0.25, 0.3) is 5.91 Å². The van der Waals surface area contributed by atoms with E-state index in [1.807, 2.05) is 7.05 Å². The lowest BCUT2D eigenvalue weighted by atomic mass is 10.1. The third-order valence-electron chi connectivity index (χ3n) is 8.07. The van der Waals surface area contributed by atoms with Gasteiger partial charge in [0.2, 0.25) is 0 Å². The number of halogens is 4. The van der Waals surface area contributed by atoms with Crippen molar-refractivity contribution >= 4 is 40.3 Å². The van der Waals surface area contributed by atoms with Gasteiger partial charge < -0.3 is 19.9 Å². The van der Waals surface area contributed by atoms with Gasteiger partial charge in [-0.2, -0.15) is 13.2 Å². The lowest BCUT2D eigenvalue weighted by Gasteiger charge is -2.30. The number of piperidine rings is 1. The minimum atomic E-state index is -5.34. The number of likely N-dealkylation sites (tertiary alicyclic amines) is 1. The summed E-state index contributed by atoms with van der Waals surface area (Å²) in [4.78, 5) is 42.9. The summed E-state index contributed by atoms with van der Waals surface area (Å²) in [7, 11) is 2.02. The molecule has 0 aromatic heterocycles. The van der Waals surface area contributed by atoms with Crippen LogP contribution in [0.3, 0.4) is 0 Å². The van der Waals surface area contributed by atoms with Crippen LogP contribution in [0.15, 0.2) is 60.7 Å². The molecule has 2 fully saturated rings. The van der Waals surface area contributed by atoms with Crippen molar-refractivity contribution in [3.8, 4) is 5.75 Å². The van der Waals surface area contributed by atoms with Gasteiger partial charge in [0.15, 0.2) is 5.78 Å². The standard InChI is InChI=1S/C33H34F4N4O4/c1-21(42)22-5-8-24(9-6-22)41(32(44)33(35,36)37)29-19-23(34)7-12-28(29)38-31(43)27-11-10-25(40-15-3-4-16-40)20-30(27)45-26-13-17-39(2)18-14-26/h5-12,19-20,26H,3-4,13-18H2,1-2H3,(H,38,43). The maximum Gasteiger partial charge on any atom is 0.472 e. The molecule has 0 aliphatic carbocycles. The summed E-state index contributed by atoms with van der Waals surface area (Å²) < 4.78 is 62.5. The highest BCUT2D eigenvalue weighted by molar-refractivity contribution is 6.12. The molecule has 12 heteroatoms. The monoisotopic (exact) mass is 626 g/mol. The number of nitrogens with zero attached hydrogens (tertiary/aromatic N) is 3. The number of alkyl halides is 3. The van der Waals surface area contributed by atoms with E-state index in [2.05, 4.69) is 15.1 Å². The summed E-state index contributed by atoms with van der Waals surface area (Å²) in [5, 5.41) is 2.59. The fourth-order valence-electron chi connectivity index (χ4n) is 5.57. The smallest absolute Gasteiger partial charge is 0.472 e. The molecule has 3 aromatic rings. The van der Waals surface area contributed by atoms with E-state index in [9.17, 15) is 31.9 Å². The summed E-state index contributed by atoms with van der Waals surface area (Å²) >= 11 is 0. The summed E-state index contributed by atoms with van der Waals surface area (Å²) in [5.74, 6) is -3.93. The number of anilines is 4. The zero-order chi connectivity index (χ0) is 32.3. The van der Waals surface area contributed by atoms with Crippen LogP contribution in [0.25, 0.3) is 0 Å². The Kier molecular flexibility index (Phi) is 9.42. The minimum absolute atomic E-state index is 0.138. The summed E-state index contributed by atoms with van der Waals surface area (Å²) in [6, 6.07) is 12.9. The quantitative estimate of drug-likeness (QED) is 0.225. The van der Waals surface area contributed by atoms with Crippen LogP contribution >= 0.6 is 0 Å². The average Bonchev–Trinajstić information content (AvgIpc) is 3.55. The van der Waals surface area contributed by atoms with Gasteiger partial charge in [-0.25, -0.2) is 4.39 Å². The van der Waals surface area contributed by atoms with E-state index in [1.54, 1.807) is 18.2 Å². The average molecular weight is 627 g/mol. The number of Topliss-reactive ketones (excluding diaryl/α,β-unsaturated/α-hetero) is 1. The van der Waals surface area contributed by atoms with Crippen molar-refractivity contribution in [2.45, 2.75) is 44.9 Å². The number of ketones is 1. The third kappa shape index (κ3) is 7.44. The molecule has 5 rings (SSSR count). The predicted molar refractivity (Wildman–Crippen MR) is 163 cm³/mol. The number of carbonyl (C=O) groups excluding carboxylic acids is 3. The lowest BCUT2D eigenvalue weighted by Crippen LogP contribution is -2.38. The lowest BCUT2D eigenvalue weighted by molar-refractivity contribution is -0.169. The van der Waals surface area contributed by atoms with Crippen LogP contribution in [0.2, 0.25) is 0 Å². The maximum atomic E-state index is 14.6.